The van der Waals surface area contributed by atoms with Crippen LogP contribution in [0.4, 0.5) is 17.1 Å². The summed E-state index contributed by atoms with van der Waals surface area (Å²) >= 11 is 0. The van der Waals surface area contributed by atoms with Crippen molar-refractivity contribution in [1.29, 1.82) is 0 Å². The molecular weight excluding hydrogens is 825 g/mol. The third kappa shape index (κ3) is 5.18. The molecule has 0 atom stereocenters. The molecule has 4 nitrogen and oxygen atoms in total. The lowest BCUT2D eigenvalue weighted by atomic mass is 9.42. The molecule has 2 heterocycles. The van der Waals surface area contributed by atoms with Crippen LogP contribution in [0.5, 0.6) is 0 Å². The predicted octanol–water partition coefficient (Wildman–Crippen LogP) is 15.1. The minimum absolute atomic E-state index is 0.180. The Bertz CT molecular complexity index is 3520. The monoisotopic (exact) mass is 874 g/mol. The van der Waals surface area contributed by atoms with Crippen LogP contribution < -0.4 is 4.90 Å². The zero-order valence-electron chi connectivity index (χ0n) is 37.3. The van der Waals surface area contributed by atoms with Gasteiger partial charge in [0, 0.05) is 44.4 Å². The van der Waals surface area contributed by atoms with E-state index in [4.69, 9.17) is 0 Å². The Hall–Kier alpha value is -6.69. The normalized spacial score (nSPS) is 23.4. The number of nitrogens with zero attached hydrogens (tertiary/aromatic N) is 2. The maximum absolute atomic E-state index is 14.8. The first kappa shape index (κ1) is 38.6. The highest BCUT2D eigenvalue weighted by Crippen LogP contribution is 2.68. The molecule has 1 spiro atoms. The number of rotatable bonds is 5. The number of anilines is 3. The van der Waals surface area contributed by atoms with Crippen LogP contribution in [0.25, 0.3) is 49.7 Å². The smallest absolute Gasteiger partial charge is 0.207 e. The Kier molecular flexibility index (Phi) is 8.00. The first-order valence-electron chi connectivity index (χ1n) is 23.9. The number of hydrogen-bond acceptors (Lipinski definition) is 3. The van der Waals surface area contributed by atoms with Crippen molar-refractivity contribution in [2.75, 3.05) is 4.90 Å². The number of hydrogen-bond donors (Lipinski definition) is 0. The molecule has 0 radical (unpaired) electrons. The van der Waals surface area contributed by atoms with Gasteiger partial charge in [0.2, 0.25) is 9.84 Å². The van der Waals surface area contributed by atoms with Crippen molar-refractivity contribution in [3.63, 3.8) is 0 Å². The molecule has 0 saturated heterocycles. The van der Waals surface area contributed by atoms with E-state index in [1.807, 2.05) is 18.2 Å². The molecule has 4 saturated carbocycles. The lowest BCUT2D eigenvalue weighted by Gasteiger charge is -2.63. The van der Waals surface area contributed by atoms with Gasteiger partial charge in [0.15, 0.2) is 0 Å². The van der Waals surface area contributed by atoms with Gasteiger partial charge in [-0.3, -0.25) is 0 Å². The molecule has 0 amide bonds. The van der Waals surface area contributed by atoms with Gasteiger partial charge in [0.25, 0.3) is 0 Å². The highest BCUT2D eigenvalue weighted by molar-refractivity contribution is 7.91. The van der Waals surface area contributed by atoms with Crippen LogP contribution in [0.1, 0.15) is 68.2 Å². The van der Waals surface area contributed by atoms with Gasteiger partial charge in [-0.25, -0.2) is 8.42 Å². The largest absolute Gasteiger partial charge is 0.310 e. The summed E-state index contributed by atoms with van der Waals surface area (Å²) in [5, 5.41) is 2.51. The first-order chi connectivity index (χ1) is 32.2. The summed E-state index contributed by atoms with van der Waals surface area (Å²) in [6, 6.07) is 65.3. The Morgan fingerprint density at radius 2 is 0.970 bits per heavy atom. The summed E-state index contributed by atoms with van der Waals surface area (Å²) < 4.78 is 32.0. The number of para-hydroxylation sites is 2. The zero-order chi connectivity index (χ0) is 44.1. The molecule has 0 unspecified atom stereocenters. The number of benzene rings is 8. The number of aromatic nitrogens is 1. The van der Waals surface area contributed by atoms with Gasteiger partial charge in [-0.15, -0.1) is 0 Å². The fraction of sp³-hybridized carbons (Fsp3) is 0.213. The van der Waals surface area contributed by atoms with Gasteiger partial charge in [0.1, 0.15) is 0 Å². The Labute approximate surface area is 387 Å². The van der Waals surface area contributed by atoms with Crippen molar-refractivity contribution >= 4 is 48.7 Å². The summed E-state index contributed by atoms with van der Waals surface area (Å²) in [5.74, 6) is 2.34. The van der Waals surface area contributed by atoms with Crippen LogP contribution in [0.15, 0.2) is 192 Å². The molecule has 66 heavy (non-hydrogen) atoms. The number of sulfone groups is 1. The van der Waals surface area contributed by atoms with E-state index in [1.54, 1.807) is 0 Å². The van der Waals surface area contributed by atoms with E-state index >= 15 is 0 Å². The van der Waals surface area contributed by atoms with Crippen LogP contribution in [0.3, 0.4) is 0 Å². The summed E-state index contributed by atoms with van der Waals surface area (Å²) in [4.78, 5) is 3.40. The predicted molar refractivity (Wildman–Crippen MR) is 268 cm³/mol. The minimum atomic E-state index is -3.73. The van der Waals surface area contributed by atoms with E-state index in [1.165, 1.54) is 76.2 Å². The quantitative estimate of drug-likeness (QED) is 0.173. The van der Waals surface area contributed by atoms with E-state index < -0.39 is 9.84 Å². The van der Waals surface area contributed by atoms with Crippen LogP contribution in [0.2, 0.25) is 0 Å². The van der Waals surface area contributed by atoms with Gasteiger partial charge in [-0.05, 0) is 173 Å². The molecule has 5 heteroatoms. The van der Waals surface area contributed by atoms with Crippen molar-refractivity contribution < 1.29 is 8.42 Å². The van der Waals surface area contributed by atoms with Crippen LogP contribution in [0, 0.1) is 23.7 Å². The van der Waals surface area contributed by atoms with Gasteiger partial charge in [-0.1, -0.05) is 123 Å². The van der Waals surface area contributed by atoms with Crippen molar-refractivity contribution in [3.05, 3.63) is 204 Å². The standard InChI is InChI=1S/C61H50N2O2S/c1-60(2)52-14-6-3-11-48(52)49-29-27-46(36-54(49)60)62(44-23-19-40(20-24-44)41-21-25-45(26-22-41)63-56-16-8-4-12-50(56)51-13-5-9-17-57(51)63)47-28-30-59-55(37-47)61(53-15-7-10-18-58(53)66(59,64)65)42-32-38-31-39(34-42)35-43(61)33-38/h3-30,36-39,42-43H,31-35H2,1-2H3. The second kappa shape index (κ2) is 13.7. The van der Waals surface area contributed by atoms with E-state index in [2.05, 4.69) is 187 Å². The third-order valence-electron chi connectivity index (χ3n) is 17.0. The second-order valence-corrected chi connectivity index (χ2v) is 22.4. The minimum Gasteiger partial charge on any atom is -0.310 e. The van der Waals surface area contributed by atoms with Gasteiger partial charge in [-0.2, -0.15) is 0 Å². The molecule has 6 aliphatic rings. The lowest BCUT2D eigenvalue weighted by molar-refractivity contribution is -0.0446. The first-order valence-corrected chi connectivity index (χ1v) is 25.4. The topological polar surface area (TPSA) is 42.3 Å². The Morgan fingerprint density at radius 3 is 1.64 bits per heavy atom. The summed E-state index contributed by atoms with van der Waals surface area (Å²) in [6.45, 7) is 4.68. The molecule has 4 fully saturated rings. The fourth-order valence-corrected chi connectivity index (χ4v) is 16.2. The average molecular weight is 875 g/mol. The van der Waals surface area contributed by atoms with Crippen molar-refractivity contribution in [1.82, 2.24) is 4.57 Å². The summed E-state index contributed by atoms with van der Waals surface area (Å²) in [6.07, 6.45) is 6.04. The fourth-order valence-electron chi connectivity index (χ4n) is 14.4. The summed E-state index contributed by atoms with van der Waals surface area (Å²) in [5.41, 5.74) is 15.7. The maximum Gasteiger partial charge on any atom is 0.207 e. The molecule has 1 aromatic heterocycles. The second-order valence-electron chi connectivity index (χ2n) is 20.6. The van der Waals surface area contributed by atoms with Crippen molar-refractivity contribution in [3.8, 4) is 27.9 Å². The number of fused-ring (bicyclic) bond motifs is 8. The molecule has 8 aromatic carbocycles. The molecule has 0 N–H and O–H groups in total. The molecule has 4 bridgehead atoms. The average Bonchev–Trinajstić information content (AvgIpc) is 3.80. The van der Waals surface area contributed by atoms with Crippen molar-refractivity contribution in [2.45, 2.75) is 66.6 Å². The van der Waals surface area contributed by atoms with Crippen LogP contribution in [-0.4, -0.2) is 13.0 Å². The van der Waals surface area contributed by atoms with Gasteiger partial charge in [0.05, 0.1) is 20.8 Å². The molecular formula is C61H50N2O2S. The molecule has 15 rings (SSSR count). The lowest BCUT2D eigenvalue weighted by Crippen LogP contribution is -2.57. The van der Waals surface area contributed by atoms with Crippen LogP contribution in [-0.2, 0) is 20.7 Å². The maximum atomic E-state index is 14.8. The summed E-state index contributed by atoms with van der Waals surface area (Å²) in [7, 11) is -3.73. The van der Waals surface area contributed by atoms with Gasteiger partial charge >= 0.3 is 0 Å². The Balaban J connectivity index is 0.913. The van der Waals surface area contributed by atoms with E-state index in [-0.39, 0.29) is 10.8 Å². The van der Waals surface area contributed by atoms with Gasteiger partial charge < -0.3 is 9.47 Å². The third-order valence-corrected chi connectivity index (χ3v) is 18.9. The van der Waals surface area contributed by atoms with E-state index in [9.17, 15) is 8.42 Å². The van der Waals surface area contributed by atoms with E-state index in [0.29, 0.717) is 21.6 Å². The van der Waals surface area contributed by atoms with Crippen LogP contribution >= 0.6 is 0 Å². The Morgan fingerprint density at radius 1 is 0.470 bits per heavy atom. The SMILES string of the molecule is CC1(C)c2ccccc2-c2ccc(N(c3ccc(-c4ccc(-n5c6ccccc6c6ccccc65)cc4)cc3)c3ccc4c(c3)C3(c5ccccc5S4(=O)=O)C4CC5CC(C4)CC3C5)cc21. The van der Waals surface area contributed by atoms with E-state index in [0.717, 1.165) is 56.8 Å². The molecule has 1 aliphatic heterocycles. The molecule has 5 aliphatic carbocycles. The highest BCUT2D eigenvalue weighted by Gasteiger charge is 2.62. The zero-order valence-corrected chi connectivity index (χ0v) is 38.1. The molecule has 9 aromatic rings. The van der Waals surface area contributed by atoms with Crippen molar-refractivity contribution in [2.24, 2.45) is 23.7 Å². The highest BCUT2D eigenvalue weighted by atomic mass is 32.2. The molecule has 322 valence electrons.